The van der Waals surface area contributed by atoms with Gasteiger partial charge in [0.2, 0.25) is 0 Å². The molecule has 1 fully saturated rings. The zero-order valence-corrected chi connectivity index (χ0v) is 14.2. The Hall–Kier alpha value is -0.170. The van der Waals surface area contributed by atoms with E-state index in [1.807, 2.05) is 6.92 Å². The van der Waals surface area contributed by atoms with Crippen molar-refractivity contribution in [2.75, 3.05) is 26.2 Å². The zero-order chi connectivity index (χ0) is 15.2. The summed E-state index contributed by atoms with van der Waals surface area (Å²) in [6, 6.07) is -0.00974. The van der Waals surface area contributed by atoms with E-state index in [1.54, 1.807) is 4.31 Å². The minimum Gasteiger partial charge on any atom is -0.317 e. The van der Waals surface area contributed by atoms with E-state index >= 15 is 0 Å². The molecule has 0 radical (unpaired) electrons. The molecule has 20 heavy (non-hydrogen) atoms. The molecule has 2 unspecified atom stereocenters. The molecule has 1 aliphatic rings. The predicted octanol–water partition coefficient (Wildman–Crippen LogP) is 1.58. The summed E-state index contributed by atoms with van der Waals surface area (Å²) in [5, 5.41) is 3.34. The molecule has 0 aromatic heterocycles. The molecule has 6 heteroatoms. The molecule has 1 rings (SSSR count). The number of nitrogens with one attached hydrogen (secondary N) is 2. The highest BCUT2D eigenvalue weighted by molar-refractivity contribution is 7.87. The van der Waals surface area contributed by atoms with Gasteiger partial charge in [0.15, 0.2) is 0 Å². The quantitative estimate of drug-likeness (QED) is 0.716. The molecule has 0 aromatic carbocycles. The Balaban J connectivity index is 2.46. The fourth-order valence-corrected chi connectivity index (χ4v) is 4.02. The molecular weight excluding hydrogens is 274 g/mol. The fourth-order valence-electron chi connectivity index (χ4n) is 2.48. The first-order chi connectivity index (χ1) is 9.40. The maximum Gasteiger partial charge on any atom is 0.279 e. The number of piperidine rings is 1. The molecule has 120 valence electrons. The largest absolute Gasteiger partial charge is 0.317 e. The van der Waals surface area contributed by atoms with Crippen LogP contribution in [0.25, 0.3) is 0 Å². The SMILES string of the molecule is CCNCC1CCN(S(=O)(=O)NC(C)C(C)CC)CC1. The molecule has 1 aliphatic heterocycles. The normalized spacial score (nSPS) is 21.8. The third-order valence-electron chi connectivity index (χ3n) is 4.43. The van der Waals surface area contributed by atoms with Gasteiger partial charge in [0.1, 0.15) is 0 Å². The number of hydrogen-bond donors (Lipinski definition) is 2. The molecule has 1 heterocycles. The Kier molecular flexibility index (Phi) is 7.43. The Morgan fingerprint density at radius 1 is 1.20 bits per heavy atom. The minimum atomic E-state index is -3.32. The van der Waals surface area contributed by atoms with Gasteiger partial charge in [-0.3, -0.25) is 0 Å². The van der Waals surface area contributed by atoms with Crippen LogP contribution in [-0.4, -0.2) is 44.9 Å². The average molecular weight is 305 g/mol. The molecule has 0 aromatic rings. The summed E-state index contributed by atoms with van der Waals surface area (Å²) in [4.78, 5) is 0. The van der Waals surface area contributed by atoms with E-state index in [0.717, 1.165) is 32.4 Å². The number of nitrogens with zero attached hydrogens (tertiary/aromatic N) is 1. The lowest BCUT2D eigenvalue weighted by Gasteiger charge is -2.32. The first-order valence-corrected chi connectivity index (χ1v) is 9.32. The van der Waals surface area contributed by atoms with Gasteiger partial charge in [-0.2, -0.15) is 17.4 Å². The summed E-state index contributed by atoms with van der Waals surface area (Å²) < 4.78 is 29.1. The Morgan fingerprint density at radius 3 is 2.30 bits per heavy atom. The molecule has 5 nitrogen and oxygen atoms in total. The van der Waals surface area contributed by atoms with Gasteiger partial charge >= 0.3 is 0 Å². The van der Waals surface area contributed by atoms with Gasteiger partial charge in [0.05, 0.1) is 0 Å². The highest BCUT2D eigenvalue weighted by Crippen LogP contribution is 2.19. The van der Waals surface area contributed by atoms with Crippen LogP contribution in [0.5, 0.6) is 0 Å². The van der Waals surface area contributed by atoms with Crippen molar-refractivity contribution in [1.82, 2.24) is 14.3 Å². The van der Waals surface area contributed by atoms with Crippen molar-refractivity contribution < 1.29 is 8.42 Å². The molecule has 0 saturated carbocycles. The van der Waals surface area contributed by atoms with Crippen LogP contribution in [0.3, 0.4) is 0 Å². The molecule has 0 amide bonds. The maximum absolute atomic E-state index is 12.3. The number of hydrogen-bond acceptors (Lipinski definition) is 3. The molecular formula is C14H31N3O2S. The van der Waals surface area contributed by atoms with E-state index < -0.39 is 10.2 Å². The lowest BCUT2D eigenvalue weighted by Crippen LogP contribution is -2.49. The smallest absolute Gasteiger partial charge is 0.279 e. The first-order valence-electron chi connectivity index (χ1n) is 7.88. The Morgan fingerprint density at radius 2 is 1.80 bits per heavy atom. The van der Waals surface area contributed by atoms with Crippen molar-refractivity contribution in [3.8, 4) is 0 Å². The van der Waals surface area contributed by atoms with Crippen LogP contribution in [0.15, 0.2) is 0 Å². The second kappa shape index (κ2) is 8.32. The Bertz CT molecular complexity index is 365. The maximum atomic E-state index is 12.3. The van der Waals surface area contributed by atoms with E-state index in [9.17, 15) is 8.42 Å². The summed E-state index contributed by atoms with van der Waals surface area (Å²) in [6.45, 7) is 11.5. The second-order valence-electron chi connectivity index (χ2n) is 5.95. The van der Waals surface area contributed by atoms with Gasteiger partial charge in [-0.1, -0.05) is 27.2 Å². The summed E-state index contributed by atoms with van der Waals surface area (Å²) in [5.74, 6) is 0.962. The highest BCUT2D eigenvalue weighted by atomic mass is 32.2. The monoisotopic (exact) mass is 305 g/mol. The summed E-state index contributed by atoms with van der Waals surface area (Å²) in [7, 11) is -3.32. The van der Waals surface area contributed by atoms with Crippen molar-refractivity contribution in [3.63, 3.8) is 0 Å². The zero-order valence-electron chi connectivity index (χ0n) is 13.4. The third-order valence-corrected chi connectivity index (χ3v) is 6.14. The molecule has 0 bridgehead atoms. The lowest BCUT2D eigenvalue weighted by molar-refractivity contribution is 0.263. The molecule has 2 N–H and O–H groups in total. The van der Waals surface area contributed by atoms with Gasteiger partial charge < -0.3 is 5.32 Å². The summed E-state index contributed by atoms with van der Waals surface area (Å²) in [5.41, 5.74) is 0. The summed E-state index contributed by atoms with van der Waals surface area (Å²) >= 11 is 0. The van der Waals surface area contributed by atoms with E-state index in [1.165, 1.54) is 0 Å². The van der Waals surface area contributed by atoms with Crippen LogP contribution >= 0.6 is 0 Å². The van der Waals surface area contributed by atoms with E-state index in [2.05, 4.69) is 30.8 Å². The molecule has 0 spiro atoms. The topological polar surface area (TPSA) is 61.4 Å². The average Bonchev–Trinajstić information content (AvgIpc) is 2.44. The second-order valence-corrected chi connectivity index (χ2v) is 7.65. The van der Waals surface area contributed by atoms with Gasteiger partial charge in [-0.05, 0) is 44.7 Å². The van der Waals surface area contributed by atoms with Gasteiger partial charge in [0.25, 0.3) is 10.2 Å². The van der Waals surface area contributed by atoms with Crippen molar-refractivity contribution >= 4 is 10.2 Å². The molecule has 1 saturated heterocycles. The van der Waals surface area contributed by atoms with Crippen LogP contribution in [0.1, 0.15) is 47.0 Å². The molecule has 2 atom stereocenters. The van der Waals surface area contributed by atoms with Gasteiger partial charge in [-0.25, -0.2) is 0 Å². The highest BCUT2D eigenvalue weighted by Gasteiger charge is 2.29. The van der Waals surface area contributed by atoms with Crippen molar-refractivity contribution in [1.29, 1.82) is 0 Å². The third kappa shape index (κ3) is 5.31. The summed E-state index contributed by atoms with van der Waals surface area (Å²) in [6.07, 6.45) is 2.88. The van der Waals surface area contributed by atoms with Crippen LogP contribution < -0.4 is 10.0 Å². The standard InChI is InChI=1S/C14H31N3O2S/c1-5-12(3)13(4)16-20(18,19)17-9-7-14(8-10-17)11-15-6-2/h12-16H,5-11H2,1-4H3. The van der Waals surface area contributed by atoms with Gasteiger partial charge in [0, 0.05) is 19.1 Å². The van der Waals surface area contributed by atoms with Crippen LogP contribution in [0.2, 0.25) is 0 Å². The van der Waals surface area contributed by atoms with Crippen molar-refractivity contribution in [2.24, 2.45) is 11.8 Å². The molecule has 0 aliphatic carbocycles. The Labute approximate surface area is 124 Å². The van der Waals surface area contributed by atoms with E-state index in [-0.39, 0.29) is 6.04 Å². The van der Waals surface area contributed by atoms with Crippen LogP contribution in [0.4, 0.5) is 0 Å². The van der Waals surface area contributed by atoms with E-state index in [4.69, 9.17) is 0 Å². The van der Waals surface area contributed by atoms with Crippen LogP contribution in [-0.2, 0) is 10.2 Å². The van der Waals surface area contributed by atoms with Crippen molar-refractivity contribution in [3.05, 3.63) is 0 Å². The van der Waals surface area contributed by atoms with Gasteiger partial charge in [-0.15, -0.1) is 0 Å². The number of rotatable bonds is 8. The van der Waals surface area contributed by atoms with E-state index in [0.29, 0.717) is 24.9 Å². The first kappa shape index (κ1) is 17.9. The predicted molar refractivity (Wildman–Crippen MR) is 83.8 cm³/mol. The lowest BCUT2D eigenvalue weighted by atomic mass is 9.98. The van der Waals surface area contributed by atoms with Crippen LogP contribution in [0, 0.1) is 11.8 Å². The minimum absolute atomic E-state index is 0.00974. The fraction of sp³-hybridized carbons (Fsp3) is 1.00. The van der Waals surface area contributed by atoms with Crippen molar-refractivity contribution in [2.45, 2.75) is 53.0 Å².